The number of anilines is 1. The molecule has 1 N–H and O–H groups in total. The fourth-order valence-electron chi connectivity index (χ4n) is 2.78. The monoisotopic (exact) mass is 297 g/mol. The maximum absolute atomic E-state index is 13.8. The Hall–Kier alpha value is -1.89. The van der Waals surface area contributed by atoms with Gasteiger partial charge in [-0.15, -0.1) is 0 Å². The van der Waals surface area contributed by atoms with E-state index in [1.54, 1.807) is 0 Å². The van der Waals surface area contributed by atoms with Crippen LogP contribution >= 0.6 is 0 Å². The summed E-state index contributed by atoms with van der Waals surface area (Å²) in [4.78, 5) is 12.6. The molecule has 0 bridgehead atoms. The molecule has 1 aromatic rings. The van der Waals surface area contributed by atoms with Crippen LogP contribution in [0.3, 0.4) is 0 Å². The molecule has 21 heavy (non-hydrogen) atoms. The van der Waals surface area contributed by atoms with Crippen LogP contribution in [0.1, 0.15) is 19.8 Å². The third kappa shape index (κ3) is 3.41. The Bertz CT molecular complexity index is 524. The van der Waals surface area contributed by atoms with Crippen LogP contribution in [0.2, 0.25) is 0 Å². The predicted molar refractivity (Wildman–Crippen MR) is 78.4 cm³/mol. The van der Waals surface area contributed by atoms with Gasteiger partial charge in [-0.1, -0.05) is 6.92 Å². The SMILES string of the molecule is CCN1CCCC1CNc1cc(OC)cc(F)c1[N+](=O)[O-]. The second-order valence-electron chi connectivity index (χ2n) is 5.07. The Morgan fingerprint density at radius 1 is 1.57 bits per heavy atom. The van der Waals surface area contributed by atoms with Crippen LogP contribution < -0.4 is 10.1 Å². The van der Waals surface area contributed by atoms with Gasteiger partial charge in [-0.05, 0) is 25.9 Å². The Morgan fingerprint density at radius 2 is 2.33 bits per heavy atom. The molecule has 0 aliphatic carbocycles. The molecule has 0 amide bonds. The fraction of sp³-hybridized carbons (Fsp3) is 0.571. The summed E-state index contributed by atoms with van der Waals surface area (Å²) in [5.41, 5.74) is -0.364. The van der Waals surface area contributed by atoms with Crippen molar-refractivity contribution in [3.05, 3.63) is 28.1 Å². The number of nitrogens with one attached hydrogen (secondary N) is 1. The first-order valence-corrected chi connectivity index (χ1v) is 7.06. The van der Waals surface area contributed by atoms with Crippen LogP contribution in [-0.4, -0.2) is 42.6 Å². The van der Waals surface area contributed by atoms with Crippen molar-refractivity contribution in [1.29, 1.82) is 0 Å². The summed E-state index contributed by atoms with van der Waals surface area (Å²) >= 11 is 0. The summed E-state index contributed by atoms with van der Waals surface area (Å²) in [5, 5.41) is 14.0. The van der Waals surface area contributed by atoms with Crippen molar-refractivity contribution in [2.45, 2.75) is 25.8 Å². The molecule has 1 fully saturated rings. The molecule has 1 atom stereocenters. The van der Waals surface area contributed by atoms with Crippen molar-refractivity contribution in [2.75, 3.05) is 32.1 Å². The van der Waals surface area contributed by atoms with Crippen molar-refractivity contribution < 1.29 is 14.1 Å². The number of hydrogen-bond acceptors (Lipinski definition) is 5. The Balaban J connectivity index is 2.18. The standard InChI is InChI=1S/C14H20FN3O3/c1-3-17-6-4-5-10(17)9-16-13-8-11(21-2)7-12(15)14(13)18(19)20/h7-8,10,16H,3-6,9H2,1-2H3. The van der Waals surface area contributed by atoms with Crippen molar-refractivity contribution in [3.63, 3.8) is 0 Å². The van der Waals surface area contributed by atoms with Crippen LogP contribution in [0.25, 0.3) is 0 Å². The first kappa shape index (κ1) is 15.5. The van der Waals surface area contributed by atoms with Crippen LogP contribution in [0.5, 0.6) is 5.75 Å². The minimum Gasteiger partial charge on any atom is -0.497 e. The van der Waals surface area contributed by atoms with E-state index in [4.69, 9.17) is 4.74 Å². The van der Waals surface area contributed by atoms with Gasteiger partial charge >= 0.3 is 5.69 Å². The molecule has 7 heteroatoms. The largest absolute Gasteiger partial charge is 0.497 e. The summed E-state index contributed by atoms with van der Waals surface area (Å²) in [5.74, 6) is -0.625. The summed E-state index contributed by atoms with van der Waals surface area (Å²) in [6.07, 6.45) is 2.16. The van der Waals surface area contributed by atoms with Gasteiger partial charge in [-0.3, -0.25) is 15.0 Å². The van der Waals surface area contributed by atoms with E-state index in [2.05, 4.69) is 17.1 Å². The molecule has 1 unspecified atom stereocenters. The quantitative estimate of drug-likeness (QED) is 0.646. The predicted octanol–water partition coefficient (Wildman–Crippen LogP) is 2.64. The zero-order valence-corrected chi connectivity index (χ0v) is 12.3. The van der Waals surface area contributed by atoms with Crippen molar-refractivity contribution in [2.24, 2.45) is 0 Å². The lowest BCUT2D eigenvalue weighted by Gasteiger charge is -2.23. The molecule has 0 radical (unpaired) electrons. The normalized spacial score (nSPS) is 18.7. The molecule has 0 saturated carbocycles. The molecule has 116 valence electrons. The molecular formula is C14H20FN3O3. The Labute approximate surface area is 123 Å². The van der Waals surface area contributed by atoms with Crippen molar-refractivity contribution in [3.8, 4) is 5.75 Å². The lowest BCUT2D eigenvalue weighted by molar-refractivity contribution is -0.386. The summed E-state index contributed by atoms with van der Waals surface area (Å²) in [6, 6.07) is 2.81. The van der Waals surface area contributed by atoms with Gasteiger partial charge in [0.05, 0.1) is 12.0 Å². The van der Waals surface area contributed by atoms with Gasteiger partial charge in [-0.2, -0.15) is 4.39 Å². The molecule has 1 heterocycles. The van der Waals surface area contributed by atoms with Crippen molar-refractivity contribution >= 4 is 11.4 Å². The lowest BCUT2D eigenvalue weighted by atomic mass is 10.2. The zero-order valence-electron chi connectivity index (χ0n) is 12.3. The molecule has 1 aliphatic heterocycles. The molecule has 2 rings (SSSR count). The van der Waals surface area contributed by atoms with E-state index in [9.17, 15) is 14.5 Å². The molecule has 0 spiro atoms. The number of halogens is 1. The van der Waals surface area contributed by atoms with E-state index in [0.29, 0.717) is 12.6 Å². The maximum Gasteiger partial charge on any atom is 0.327 e. The molecule has 1 aliphatic rings. The first-order chi connectivity index (χ1) is 10.1. The van der Waals surface area contributed by atoms with E-state index in [-0.39, 0.29) is 11.4 Å². The van der Waals surface area contributed by atoms with Gasteiger partial charge in [0, 0.05) is 24.7 Å². The highest BCUT2D eigenvalue weighted by Crippen LogP contribution is 2.32. The third-order valence-corrected chi connectivity index (χ3v) is 3.89. The smallest absolute Gasteiger partial charge is 0.327 e. The number of ether oxygens (including phenoxy) is 1. The number of rotatable bonds is 6. The number of benzene rings is 1. The van der Waals surface area contributed by atoms with Crippen molar-refractivity contribution in [1.82, 2.24) is 4.90 Å². The van der Waals surface area contributed by atoms with Gasteiger partial charge in [0.15, 0.2) is 0 Å². The number of nitro groups is 1. The molecule has 6 nitrogen and oxygen atoms in total. The molecule has 1 saturated heterocycles. The van der Waals surface area contributed by atoms with E-state index in [1.807, 2.05) is 0 Å². The van der Waals surface area contributed by atoms with Crippen LogP contribution in [0.15, 0.2) is 12.1 Å². The minimum absolute atomic E-state index is 0.166. The summed E-state index contributed by atoms with van der Waals surface area (Å²) in [7, 11) is 1.40. The number of nitro benzene ring substituents is 1. The number of hydrogen-bond donors (Lipinski definition) is 1. The number of methoxy groups -OCH3 is 1. The maximum atomic E-state index is 13.8. The third-order valence-electron chi connectivity index (χ3n) is 3.89. The second-order valence-corrected chi connectivity index (χ2v) is 5.07. The molecular weight excluding hydrogens is 277 g/mol. The molecule has 1 aromatic carbocycles. The van der Waals surface area contributed by atoms with E-state index in [1.165, 1.54) is 13.2 Å². The van der Waals surface area contributed by atoms with Crippen LogP contribution in [0.4, 0.5) is 15.8 Å². The van der Waals surface area contributed by atoms with Gasteiger partial charge < -0.3 is 10.1 Å². The van der Waals surface area contributed by atoms with Gasteiger partial charge in [0.25, 0.3) is 0 Å². The topological polar surface area (TPSA) is 67.6 Å². The number of likely N-dealkylation sites (tertiary alicyclic amines) is 1. The van der Waals surface area contributed by atoms with E-state index < -0.39 is 16.4 Å². The fourth-order valence-corrected chi connectivity index (χ4v) is 2.78. The highest BCUT2D eigenvalue weighted by Gasteiger charge is 2.26. The van der Waals surface area contributed by atoms with Crippen LogP contribution in [-0.2, 0) is 0 Å². The number of likely N-dealkylation sites (N-methyl/N-ethyl adjacent to an activating group) is 1. The van der Waals surface area contributed by atoms with Gasteiger partial charge in [-0.25, -0.2) is 0 Å². The highest BCUT2D eigenvalue weighted by atomic mass is 19.1. The Kier molecular flexibility index (Phi) is 4.95. The molecule has 0 aromatic heterocycles. The average molecular weight is 297 g/mol. The van der Waals surface area contributed by atoms with Crippen LogP contribution in [0, 0.1) is 15.9 Å². The lowest BCUT2D eigenvalue weighted by Crippen LogP contribution is -2.34. The number of nitrogens with zero attached hydrogens (tertiary/aromatic N) is 2. The summed E-state index contributed by atoms with van der Waals surface area (Å²) < 4.78 is 18.8. The van der Waals surface area contributed by atoms with Gasteiger partial charge in [0.1, 0.15) is 11.4 Å². The Morgan fingerprint density at radius 3 is 2.95 bits per heavy atom. The summed E-state index contributed by atoms with van der Waals surface area (Å²) in [6.45, 7) is 4.63. The van der Waals surface area contributed by atoms with E-state index in [0.717, 1.165) is 32.0 Å². The minimum atomic E-state index is -0.888. The van der Waals surface area contributed by atoms with Gasteiger partial charge in [0.2, 0.25) is 5.82 Å². The van der Waals surface area contributed by atoms with E-state index >= 15 is 0 Å². The zero-order chi connectivity index (χ0) is 15.4. The first-order valence-electron chi connectivity index (χ1n) is 7.06. The average Bonchev–Trinajstić information content (AvgIpc) is 2.91. The highest BCUT2D eigenvalue weighted by molar-refractivity contribution is 5.65. The second kappa shape index (κ2) is 6.71.